The van der Waals surface area contributed by atoms with E-state index in [0.29, 0.717) is 5.82 Å². The second kappa shape index (κ2) is 6.28. The standard InChI is InChI=1S/C14H20N4O2S/c1-4-15-10-12-5-7-13(8-6-12)21(19,20)17-14-9-11(2)16-18(14)3/h5-9,15,17H,4,10H2,1-3H3. The lowest BCUT2D eigenvalue weighted by atomic mass is 10.2. The highest BCUT2D eigenvalue weighted by Gasteiger charge is 2.16. The first kappa shape index (κ1) is 15.5. The summed E-state index contributed by atoms with van der Waals surface area (Å²) in [6, 6.07) is 8.53. The van der Waals surface area contributed by atoms with E-state index in [4.69, 9.17) is 0 Å². The molecule has 2 rings (SSSR count). The number of hydrogen-bond donors (Lipinski definition) is 2. The zero-order chi connectivity index (χ0) is 15.5. The molecule has 0 saturated carbocycles. The van der Waals surface area contributed by atoms with Crippen molar-refractivity contribution in [3.63, 3.8) is 0 Å². The van der Waals surface area contributed by atoms with Crippen LogP contribution in [-0.4, -0.2) is 24.7 Å². The normalized spacial score (nSPS) is 11.6. The third-order valence-corrected chi connectivity index (χ3v) is 4.42. The number of anilines is 1. The Morgan fingerprint density at radius 3 is 2.43 bits per heavy atom. The Labute approximate surface area is 125 Å². The van der Waals surface area contributed by atoms with Gasteiger partial charge in [0, 0.05) is 19.7 Å². The summed E-state index contributed by atoms with van der Waals surface area (Å²) in [5, 5.41) is 7.31. The fourth-order valence-corrected chi connectivity index (χ4v) is 3.04. The summed E-state index contributed by atoms with van der Waals surface area (Å²) < 4.78 is 28.7. The molecule has 2 N–H and O–H groups in total. The maximum Gasteiger partial charge on any atom is 0.263 e. The van der Waals surface area contributed by atoms with Gasteiger partial charge in [0.25, 0.3) is 10.0 Å². The largest absolute Gasteiger partial charge is 0.313 e. The van der Waals surface area contributed by atoms with Crippen LogP contribution in [0.15, 0.2) is 35.2 Å². The lowest BCUT2D eigenvalue weighted by molar-refractivity contribution is 0.600. The fourth-order valence-electron chi connectivity index (χ4n) is 1.96. The van der Waals surface area contributed by atoms with Gasteiger partial charge in [-0.05, 0) is 31.2 Å². The SMILES string of the molecule is CCNCc1ccc(S(=O)(=O)Nc2cc(C)nn2C)cc1. The van der Waals surface area contributed by atoms with Crippen molar-refractivity contribution in [3.05, 3.63) is 41.6 Å². The second-order valence-electron chi connectivity index (χ2n) is 4.82. The Hall–Kier alpha value is -1.86. The fraction of sp³-hybridized carbons (Fsp3) is 0.357. The van der Waals surface area contributed by atoms with Gasteiger partial charge < -0.3 is 5.32 Å². The summed E-state index contributed by atoms with van der Waals surface area (Å²) in [6.45, 7) is 5.44. The molecule has 0 aliphatic rings. The van der Waals surface area contributed by atoms with E-state index in [1.165, 1.54) is 4.68 Å². The molecule has 114 valence electrons. The van der Waals surface area contributed by atoms with Crippen LogP contribution >= 0.6 is 0 Å². The molecule has 0 amide bonds. The second-order valence-corrected chi connectivity index (χ2v) is 6.51. The van der Waals surface area contributed by atoms with Crippen molar-refractivity contribution in [2.24, 2.45) is 7.05 Å². The van der Waals surface area contributed by atoms with Crippen molar-refractivity contribution in [3.8, 4) is 0 Å². The number of benzene rings is 1. The summed E-state index contributed by atoms with van der Waals surface area (Å²) in [6.07, 6.45) is 0. The summed E-state index contributed by atoms with van der Waals surface area (Å²) in [5.74, 6) is 0.448. The number of aryl methyl sites for hydroxylation is 2. The Morgan fingerprint density at radius 1 is 1.24 bits per heavy atom. The van der Waals surface area contributed by atoms with Gasteiger partial charge in [0.2, 0.25) is 0 Å². The molecule has 21 heavy (non-hydrogen) atoms. The maximum atomic E-state index is 12.3. The predicted octanol–water partition coefficient (Wildman–Crippen LogP) is 1.64. The van der Waals surface area contributed by atoms with E-state index >= 15 is 0 Å². The molecular formula is C14H20N4O2S. The van der Waals surface area contributed by atoms with Crippen LogP contribution in [0.2, 0.25) is 0 Å². The van der Waals surface area contributed by atoms with E-state index in [2.05, 4.69) is 15.1 Å². The zero-order valence-corrected chi connectivity index (χ0v) is 13.2. The van der Waals surface area contributed by atoms with Crippen molar-refractivity contribution in [1.29, 1.82) is 0 Å². The van der Waals surface area contributed by atoms with E-state index in [1.807, 2.05) is 26.0 Å². The van der Waals surface area contributed by atoms with Crippen LogP contribution in [-0.2, 0) is 23.6 Å². The molecule has 0 spiro atoms. The lowest BCUT2D eigenvalue weighted by Crippen LogP contribution is -2.16. The monoisotopic (exact) mass is 308 g/mol. The van der Waals surface area contributed by atoms with Crippen LogP contribution in [0.1, 0.15) is 18.2 Å². The highest BCUT2D eigenvalue weighted by atomic mass is 32.2. The number of rotatable bonds is 6. The van der Waals surface area contributed by atoms with Crippen LogP contribution in [0.25, 0.3) is 0 Å². The maximum absolute atomic E-state index is 12.3. The van der Waals surface area contributed by atoms with E-state index < -0.39 is 10.0 Å². The third-order valence-electron chi connectivity index (χ3n) is 3.05. The van der Waals surface area contributed by atoms with Gasteiger partial charge in [-0.2, -0.15) is 5.10 Å². The first-order chi connectivity index (χ1) is 9.92. The lowest BCUT2D eigenvalue weighted by Gasteiger charge is -2.09. The van der Waals surface area contributed by atoms with E-state index in [9.17, 15) is 8.42 Å². The Balaban J connectivity index is 2.17. The predicted molar refractivity (Wildman–Crippen MR) is 82.6 cm³/mol. The Kier molecular flexibility index (Phi) is 4.64. The zero-order valence-electron chi connectivity index (χ0n) is 12.4. The number of nitrogens with one attached hydrogen (secondary N) is 2. The number of hydrogen-bond acceptors (Lipinski definition) is 4. The van der Waals surface area contributed by atoms with E-state index in [0.717, 1.165) is 24.3 Å². The van der Waals surface area contributed by atoms with Crippen molar-refractivity contribution in [2.75, 3.05) is 11.3 Å². The summed E-state index contributed by atoms with van der Waals surface area (Å²) in [4.78, 5) is 0.238. The average molecular weight is 308 g/mol. The molecule has 0 unspecified atom stereocenters. The van der Waals surface area contributed by atoms with Gasteiger partial charge in [0.05, 0.1) is 10.6 Å². The quantitative estimate of drug-likeness (QED) is 0.850. The molecule has 0 bridgehead atoms. The minimum absolute atomic E-state index is 0.238. The van der Waals surface area contributed by atoms with Crippen molar-refractivity contribution in [1.82, 2.24) is 15.1 Å². The Morgan fingerprint density at radius 2 is 1.90 bits per heavy atom. The first-order valence-electron chi connectivity index (χ1n) is 6.75. The van der Waals surface area contributed by atoms with Gasteiger partial charge in [-0.1, -0.05) is 19.1 Å². The smallest absolute Gasteiger partial charge is 0.263 e. The molecule has 1 aromatic carbocycles. The molecule has 0 radical (unpaired) electrons. The molecule has 0 fully saturated rings. The molecule has 0 aliphatic heterocycles. The van der Waals surface area contributed by atoms with Gasteiger partial charge in [0.1, 0.15) is 5.82 Å². The van der Waals surface area contributed by atoms with Gasteiger partial charge in [-0.3, -0.25) is 9.40 Å². The first-order valence-corrected chi connectivity index (χ1v) is 8.24. The average Bonchev–Trinajstić information content (AvgIpc) is 2.74. The molecule has 0 aliphatic carbocycles. The van der Waals surface area contributed by atoms with Crippen LogP contribution < -0.4 is 10.0 Å². The Bertz CT molecular complexity index is 705. The highest BCUT2D eigenvalue weighted by Crippen LogP contribution is 2.17. The number of aromatic nitrogens is 2. The van der Waals surface area contributed by atoms with Gasteiger partial charge in [-0.25, -0.2) is 8.42 Å². The molecule has 0 saturated heterocycles. The number of nitrogens with zero attached hydrogens (tertiary/aromatic N) is 2. The van der Waals surface area contributed by atoms with E-state index in [1.54, 1.807) is 25.2 Å². The van der Waals surface area contributed by atoms with Gasteiger partial charge in [0.15, 0.2) is 0 Å². The molecule has 1 heterocycles. The van der Waals surface area contributed by atoms with Crippen LogP contribution in [0.4, 0.5) is 5.82 Å². The van der Waals surface area contributed by atoms with Crippen molar-refractivity contribution in [2.45, 2.75) is 25.3 Å². The van der Waals surface area contributed by atoms with E-state index in [-0.39, 0.29) is 4.90 Å². The number of sulfonamides is 1. The molecule has 0 atom stereocenters. The molecule has 6 nitrogen and oxygen atoms in total. The summed E-state index contributed by atoms with van der Waals surface area (Å²) >= 11 is 0. The molecular weight excluding hydrogens is 288 g/mol. The summed E-state index contributed by atoms with van der Waals surface area (Å²) in [7, 11) is -1.89. The minimum atomic E-state index is -3.59. The van der Waals surface area contributed by atoms with Gasteiger partial charge in [-0.15, -0.1) is 0 Å². The van der Waals surface area contributed by atoms with Crippen LogP contribution in [0, 0.1) is 6.92 Å². The molecule has 2 aromatic rings. The highest BCUT2D eigenvalue weighted by molar-refractivity contribution is 7.92. The minimum Gasteiger partial charge on any atom is -0.313 e. The molecule has 1 aromatic heterocycles. The third kappa shape index (κ3) is 3.83. The van der Waals surface area contributed by atoms with Gasteiger partial charge >= 0.3 is 0 Å². The topological polar surface area (TPSA) is 76.0 Å². The molecule has 7 heteroatoms. The van der Waals surface area contributed by atoms with Crippen LogP contribution in [0.5, 0.6) is 0 Å². The summed E-state index contributed by atoms with van der Waals surface area (Å²) in [5.41, 5.74) is 1.81. The van der Waals surface area contributed by atoms with Crippen LogP contribution in [0.3, 0.4) is 0 Å². The van der Waals surface area contributed by atoms with Crippen molar-refractivity contribution < 1.29 is 8.42 Å². The van der Waals surface area contributed by atoms with Crippen molar-refractivity contribution >= 4 is 15.8 Å².